The summed E-state index contributed by atoms with van der Waals surface area (Å²) in [5.74, 6) is -0.503. The van der Waals surface area contributed by atoms with E-state index in [4.69, 9.17) is 5.73 Å². The number of nitrogen functional groups attached to an aromatic ring is 1. The molecule has 3 N–H and O–H groups in total. The van der Waals surface area contributed by atoms with Crippen LogP contribution in [0, 0.1) is 10.1 Å². The number of amides is 1. The van der Waals surface area contributed by atoms with Crippen molar-refractivity contribution in [1.82, 2.24) is 15.5 Å². The number of nitro groups is 1. The molecule has 0 aliphatic rings. The molecule has 102 valence electrons. The van der Waals surface area contributed by atoms with Crippen LogP contribution in [0.5, 0.6) is 0 Å². The molecule has 0 unspecified atom stereocenters. The van der Waals surface area contributed by atoms with Crippen LogP contribution < -0.4 is 11.1 Å². The number of hydrogen-bond donors (Lipinski definition) is 2. The summed E-state index contributed by atoms with van der Waals surface area (Å²) >= 11 is 0. The number of anilines is 1. The van der Waals surface area contributed by atoms with Crippen molar-refractivity contribution < 1.29 is 9.72 Å². The number of nitrogens with two attached hydrogens (primary N) is 1. The molecule has 0 bridgehead atoms. The quantitative estimate of drug-likeness (QED) is 0.484. The van der Waals surface area contributed by atoms with Crippen LogP contribution in [-0.2, 0) is 6.54 Å². The van der Waals surface area contributed by atoms with Crippen LogP contribution in [0.2, 0.25) is 0 Å². The molecule has 0 saturated carbocycles. The molecule has 0 radical (unpaired) electrons. The molecule has 2 rings (SSSR count). The fourth-order valence-corrected chi connectivity index (χ4v) is 1.55. The minimum atomic E-state index is -0.584. The number of benzene rings is 1. The van der Waals surface area contributed by atoms with E-state index in [-0.39, 0.29) is 23.5 Å². The molecule has 0 saturated heterocycles. The monoisotopic (exact) mass is 273 g/mol. The predicted molar refractivity (Wildman–Crippen MR) is 70.7 cm³/mol. The SMILES string of the molecule is Nc1ccc([N+](=O)[O-])cc1C(=O)NCc1cccnn1. The molecule has 0 spiro atoms. The van der Waals surface area contributed by atoms with Crippen LogP contribution in [0.4, 0.5) is 11.4 Å². The second-order valence-corrected chi connectivity index (χ2v) is 3.93. The maximum Gasteiger partial charge on any atom is 0.270 e. The molecule has 8 nitrogen and oxygen atoms in total. The Labute approximate surface area is 113 Å². The summed E-state index contributed by atoms with van der Waals surface area (Å²) in [6.45, 7) is 0.162. The van der Waals surface area contributed by atoms with Gasteiger partial charge in [-0.05, 0) is 18.2 Å². The Morgan fingerprint density at radius 3 is 2.85 bits per heavy atom. The van der Waals surface area contributed by atoms with Gasteiger partial charge in [-0.1, -0.05) is 0 Å². The molecule has 2 aromatic rings. The zero-order valence-corrected chi connectivity index (χ0v) is 10.3. The normalized spacial score (nSPS) is 10.0. The summed E-state index contributed by atoms with van der Waals surface area (Å²) in [6.07, 6.45) is 1.52. The van der Waals surface area contributed by atoms with Gasteiger partial charge in [0, 0.05) is 24.0 Å². The van der Waals surface area contributed by atoms with Gasteiger partial charge in [-0.3, -0.25) is 14.9 Å². The van der Waals surface area contributed by atoms with Gasteiger partial charge in [-0.15, -0.1) is 0 Å². The Balaban J connectivity index is 2.13. The molecule has 0 aliphatic heterocycles. The van der Waals surface area contributed by atoms with E-state index in [0.717, 1.165) is 6.07 Å². The topological polar surface area (TPSA) is 124 Å². The van der Waals surface area contributed by atoms with Gasteiger partial charge in [0.05, 0.1) is 22.7 Å². The number of carbonyl (C=O) groups is 1. The number of non-ortho nitro benzene ring substituents is 1. The van der Waals surface area contributed by atoms with E-state index in [9.17, 15) is 14.9 Å². The van der Waals surface area contributed by atoms with E-state index < -0.39 is 10.8 Å². The summed E-state index contributed by atoms with van der Waals surface area (Å²) in [7, 11) is 0. The molecule has 20 heavy (non-hydrogen) atoms. The van der Waals surface area contributed by atoms with Crippen LogP contribution in [0.25, 0.3) is 0 Å². The van der Waals surface area contributed by atoms with E-state index in [2.05, 4.69) is 15.5 Å². The maximum atomic E-state index is 12.0. The average molecular weight is 273 g/mol. The zero-order chi connectivity index (χ0) is 14.5. The Bertz CT molecular complexity index is 645. The standard InChI is InChI=1S/C12H11N5O3/c13-11-4-3-9(17(19)20)6-10(11)12(18)14-7-8-2-1-5-15-16-8/h1-6H,7,13H2,(H,14,18). The fraction of sp³-hybridized carbons (Fsp3) is 0.0833. The lowest BCUT2D eigenvalue weighted by Gasteiger charge is -2.06. The number of aromatic nitrogens is 2. The molecule has 1 amide bonds. The van der Waals surface area contributed by atoms with E-state index in [1.165, 1.54) is 18.3 Å². The lowest BCUT2D eigenvalue weighted by Crippen LogP contribution is -2.24. The van der Waals surface area contributed by atoms with Crippen molar-refractivity contribution in [3.05, 3.63) is 57.9 Å². The van der Waals surface area contributed by atoms with Crippen molar-refractivity contribution in [2.75, 3.05) is 5.73 Å². The summed E-state index contributed by atoms with van der Waals surface area (Å²) in [6, 6.07) is 7.10. The molecular formula is C12H11N5O3. The third-order valence-corrected chi connectivity index (χ3v) is 2.55. The second-order valence-electron chi connectivity index (χ2n) is 3.93. The van der Waals surface area contributed by atoms with Gasteiger partial charge in [0.15, 0.2) is 0 Å². The highest BCUT2D eigenvalue weighted by molar-refractivity contribution is 5.99. The highest BCUT2D eigenvalue weighted by Crippen LogP contribution is 2.19. The lowest BCUT2D eigenvalue weighted by molar-refractivity contribution is -0.384. The summed E-state index contributed by atoms with van der Waals surface area (Å²) in [4.78, 5) is 22.0. The lowest BCUT2D eigenvalue weighted by atomic mass is 10.1. The molecule has 0 atom stereocenters. The number of carbonyl (C=O) groups excluding carboxylic acids is 1. The molecule has 8 heteroatoms. The Hall–Kier alpha value is -3.03. The van der Waals surface area contributed by atoms with E-state index >= 15 is 0 Å². The van der Waals surface area contributed by atoms with E-state index in [1.54, 1.807) is 12.1 Å². The van der Waals surface area contributed by atoms with Crippen molar-refractivity contribution in [3.8, 4) is 0 Å². The Morgan fingerprint density at radius 2 is 2.20 bits per heavy atom. The Morgan fingerprint density at radius 1 is 1.40 bits per heavy atom. The first-order chi connectivity index (χ1) is 9.58. The third kappa shape index (κ3) is 3.05. The van der Waals surface area contributed by atoms with Crippen LogP contribution in [0.3, 0.4) is 0 Å². The number of rotatable bonds is 4. The number of nitrogens with one attached hydrogen (secondary N) is 1. The van der Waals surface area contributed by atoms with Crippen molar-refractivity contribution in [2.45, 2.75) is 6.54 Å². The molecule has 1 aromatic carbocycles. The van der Waals surface area contributed by atoms with Crippen LogP contribution in [-0.4, -0.2) is 21.0 Å². The van der Waals surface area contributed by atoms with Crippen LogP contribution >= 0.6 is 0 Å². The average Bonchev–Trinajstić information content (AvgIpc) is 2.46. The smallest absolute Gasteiger partial charge is 0.270 e. The van der Waals surface area contributed by atoms with E-state index in [1.807, 2.05) is 0 Å². The van der Waals surface area contributed by atoms with Crippen LogP contribution in [0.1, 0.15) is 16.1 Å². The van der Waals surface area contributed by atoms with Crippen molar-refractivity contribution in [2.24, 2.45) is 0 Å². The van der Waals surface area contributed by atoms with Crippen molar-refractivity contribution in [3.63, 3.8) is 0 Å². The van der Waals surface area contributed by atoms with Crippen LogP contribution in [0.15, 0.2) is 36.5 Å². The molecular weight excluding hydrogens is 262 g/mol. The van der Waals surface area contributed by atoms with Gasteiger partial charge >= 0.3 is 0 Å². The van der Waals surface area contributed by atoms with Gasteiger partial charge < -0.3 is 11.1 Å². The second kappa shape index (κ2) is 5.74. The molecule has 0 aliphatic carbocycles. The Kier molecular flexibility index (Phi) is 3.85. The largest absolute Gasteiger partial charge is 0.398 e. The maximum absolute atomic E-state index is 12.0. The fourth-order valence-electron chi connectivity index (χ4n) is 1.55. The first-order valence-electron chi connectivity index (χ1n) is 5.66. The van der Waals surface area contributed by atoms with Gasteiger partial charge in [0.2, 0.25) is 0 Å². The van der Waals surface area contributed by atoms with E-state index in [0.29, 0.717) is 5.69 Å². The minimum Gasteiger partial charge on any atom is -0.398 e. The molecule has 1 heterocycles. The van der Waals surface area contributed by atoms with Gasteiger partial charge in [0.1, 0.15) is 0 Å². The summed E-state index contributed by atoms with van der Waals surface area (Å²) in [5, 5.41) is 20.7. The highest BCUT2D eigenvalue weighted by Gasteiger charge is 2.15. The van der Waals surface area contributed by atoms with Crippen molar-refractivity contribution in [1.29, 1.82) is 0 Å². The summed E-state index contributed by atoms with van der Waals surface area (Å²) in [5.41, 5.74) is 6.26. The van der Waals surface area contributed by atoms with Gasteiger partial charge in [0.25, 0.3) is 11.6 Å². The zero-order valence-electron chi connectivity index (χ0n) is 10.3. The minimum absolute atomic E-state index is 0.0584. The first-order valence-corrected chi connectivity index (χ1v) is 5.66. The predicted octanol–water partition coefficient (Wildman–Crippen LogP) is 0.897. The van der Waals surface area contributed by atoms with Gasteiger partial charge in [-0.2, -0.15) is 10.2 Å². The number of hydrogen-bond acceptors (Lipinski definition) is 6. The number of nitrogens with zero attached hydrogens (tertiary/aromatic N) is 3. The highest BCUT2D eigenvalue weighted by atomic mass is 16.6. The number of nitro benzene ring substituents is 1. The van der Waals surface area contributed by atoms with Gasteiger partial charge in [-0.25, -0.2) is 0 Å². The first kappa shape index (κ1) is 13.4. The molecule has 0 fully saturated rings. The third-order valence-electron chi connectivity index (χ3n) is 2.55. The van der Waals surface area contributed by atoms with Crippen molar-refractivity contribution >= 4 is 17.3 Å². The summed E-state index contributed by atoms with van der Waals surface area (Å²) < 4.78 is 0. The molecule has 1 aromatic heterocycles.